The Kier molecular flexibility index (Phi) is 9.00. The third kappa shape index (κ3) is 6.99. The van der Waals surface area contributed by atoms with Gasteiger partial charge in [0.15, 0.2) is 18.1 Å². The predicted molar refractivity (Wildman–Crippen MR) is 115 cm³/mol. The van der Waals surface area contributed by atoms with Crippen LogP contribution in [0.25, 0.3) is 0 Å². The molecule has 0 saturated heterocycles. The molecule has 162 valence electrons. The maximum absolute atomic E-state index is 12.3. The zero-order valence-electron chi connectivity index (χ0n) is 18.1. The summed E-state index contributed by atoms with van der Waals surface area (Å²) in [5, 5.41) is 2.92. The van der Waals surface area contributed by atoms with E-state index in [1.165, 1.54) is 12.0 Å². The summed E-state index contributed by atoms with van der Waals surface area (Å²) >= 11 is 0. The lowest BCUT2D eigenvalue weighted by Gasteiger charge is -2.14. The molecule has 2 aromatic rings. The number of benzene rings is 2. The summed E-state index contributed by atoms with van der Waals surface area (Å²) in [4.78, 5) is 25.4. The number of ether oxygens (including phenoxy) is 3. The SMILES string of the molecule is CCOc1ccccc1CCC(=O)NCc1ccc(OCC(=O)N(C)C)c(OC)c1. The molecule has 2 rings (SSSR count). The molecule has 0 aliphatic heterocycles. The van der Waals surface area contributed by atoms with E-state index < -0.39 is 0 Å². The summed E-state index contributed by atoms with van der Waals surface area (Å²) in [7, 11) is 4.88. The summed E-state index contributed by atoms with van der Waals surface area (Å²) in [6, 6.07) is 13.1. The predicted octanol–water partition coefficient (Wildman–Crippen LogP) is 2.81. The van der Waals surface area contributed by atoms with E-state index in [-0.39, 0.29) is 18.4 Å². The zero-order chi connectivity index (χ0) is 21.9. The number of methoxy groups -OCH3 is 1. The average Bonchev–Trinajstić information content (AvgIpc) is 2.75. The van der Waals surface area contributed by atoms with Crippen LogP contribution in [0.4, 0.5) is 0 Å². The van der Waals surface area contributed by atoms with Crippen molar-refractivity contribution in [3.05, 3.63) is 53.6 Å². The molecule has 0 aliphatic rings. The number of nitrogens with zero attached hydrogens (tertiary/aromatic N) is 1. The zero-order valence-corrected chi connectivity index (χ0v) is 18.1. The van der Waals surface area contributed by atoms with Gasteiger partial charge in [0.2, 0.25) is 5.91 Å². The highest BCUT2D eigenvalue weighted by atomic mass is 16.5. The minimum Gasteiger partial charge on any atom is -0.494 e. The number of nitrogens with one attached hydrogen (secondary N) is 1. The Bertz CT molecular complexity index is 851. The molecule has 7 heteroatoms. The highest BCUT2D eigenvalue weighted by molar-refractivity contribution is 5.77. The molecule has 0 bridgehead atoms. The Balaban J connectivity index is 1.88. The van der Waals surface area contributed by atoms with Gasteiger partial charge in [0, 0.05) is 27.1 Å². The Morgan fingerprint density at radius 3 is 2.47 bits per heavy atom. The molecule has 0 saturated carbocycles. The topological polar surface area (TPSA) is 77.1 Å². The lowest BCUT2D eigenvalue weighted by Crippen LogP contribution is -2.27. The molecule has 0 heterocycles. The fraction of sp³-hybridized carbons (Fsp3) is 0.391. The fourth-order valence-corrected chi connectivity index (χ4v) is 2.75. The quantitative estimate of drug-likeness (QED) is 0.612. The molecule has 0 aromatic heterocycles. The number of carbonyl (C=O) groups is 2. The molecule has 0 aliphatic carbocycles. The summed E-state index contributed by atoms with van der Waals surface area (Å²) in [6.45, 7) is 2.84. The highest BCUT2D eigenvalue weighted by Gasteiger charge is 2.11. The van der Waals surface area contributed by atoms with Crippen LogP contribution in [-0.2, 0) is 22.6 Å². The largest absolute Gasteiger partial charge is 0.494 e. The van der Waals surface area contributed by atoms with E-state index in [4.69, 9.17) is 14.2 Å². The van der Waals surface area contributed by atoms with E-state index in [0.717, 1.165) is 16.9 Å². The number of rotatable bonds is 11. The first-order valence-electron chi connectivity index (χ1n) is 9.91. The number of para-hydroxylation sites is 1. The van der Waals surface area contributed by atoms with E-state index in [2.05, 4.69) is 5.32 Å². The van der Waals surface area contributed by atoms with Crippen LogP contribution in [0.15, 0.2) is 42.5 Å². The van der Waals surface area contributed by atoms with Gasteiger partial charge in [-0.3, -0.25) is 9.59 Å². The van der Waals surface area contributed by atoms with Gasteiger partial charge in [-0.15, -0.1) is 0 Å². The van der Waals surface area contributed by atoms with Crippen LogP contribution in [0.5, 0.6) is 17.2 Å². The van der Waals surface area contributed by atoms with Gasteiger partial charge in [0.1, 0.15) is 5.75 Å². The second-order valence-corrected chi connectivity index (χ2v) is 6.88. The van der Waals surface area contributed by atoms with Crippen LogP contribution in [0.3, 0.4) is 0 Å². The van der Waals surface area contributed by atoms with Gasteiger partial charge in [0.05, 0.1) is 13.7 Å². The van der Waals surface area contributed by atoms with Crippen molar-refractivity contribution in [1.29, 1.82) is 0 Å². The first-order chi connectivity index (χ1) is 14.4. The minimum atomic E-state index is -0.140. The maximum atomic E-state index is 12.3. The van der Waals surface area contributed by atoms with E-state index in [0.29, 0.717) is 37.5 Å². The van der Waals surface area contributed by atoms with Crippen molar-refractivity contribution in [2.24, 2.45) is 0 Å². The third-order valence-electron chi connectivity index (χ3n) is 4.46. The number of aryl methyl sites for hydroxylation is 1. The average molecular weight is 415 g/mol. The number of carbonyl (C=O) groups excluding carboxylic acids is 2. The van der Waals surface area contributed by atoms with Crippen LogP contribution >= 0.6 is 0 Å². The molecule has 30 heavy (non-hydrogen) atoms. The van der Waals surface area contributed by atoms with Gasteiger partial charge in [-0.25, -0.2) is 0 Å². The molecule has 0 unspecified atom stereocenters. The molecule has 2 amide bonds. The molecule has 0 spiro atoms. The molecular weight excluding hydrogens is 384 g/mol. The van der Waals surface area contributed by atoms with E-state index in [1.807, 2.05) is 37.3 Å². The minimum absolute atomic E-state index is 0.0443. The first kappa shape index (κ1) is 23.1. The van der Waals surface area contributed by atoms with Gasteiger partial charge in [0.25, 0.3) is 5.91 Å². The lowest BCUT2D eigenvalue weighted by molar-refractivity contribution is -0.130. The summed E-state index contributed by atoms with van der Waals surface area (Å²) in [5.74, 6) is 1.63. The summed E-state index contributed by atoms with van der Waals surface area (Å²) in [6.07, 6.45) is 0.979. The number of amides is 2. The smallest absolute Gasteiger partial charge is 0.259 e. The molecule has 0 radical (unpaired) electrons. The van der Waals surface area contributed by atoms with Crippen molar-refractivity contribution in [2.45, 2.75) is 26.3 Å². The van der Waals surface area contributed by atoms with Gasteiger partial charge < -0.3 is 24.4 Å². The van der Waals surface area contributed by atoms with Crippen molar-refractivity contribution in [1.82, 2.24) is 10.2 Å². The van der Waals surface area contributed by atoms with Crippen molar-refractivity contribution in [2.75, 3.05) is 34.4 Å². The highest BCUT2D eigenvalue weighted by Crippen LogP contribution is 2.28. The summed E-state index contributed by atoms with van der Waals surface area (Å²) in [5.41, 5.74) is 1.89. The number of hydrogen-bond acceptors (Lipinski definition) is 5. The van der Waals surface area contributed by atoms with Gasteiger partial charge in [-0.1, -0.05) is 24.3 Å². The lowest BCUT2D eigenvalue weighted by atomic mass is 10.1. The molecule has 7 nitrogen and oxygen atoms in total. The van der Waals surface area contributed by atoms with Crippen molar-refractivity contribution >= 4 is 11.8 Å². The Morgan fingerprint density at radius 2 is 1.77 bits per heavy atom. The van der Waals surface area contributed by atoms with Crippen molar-refractivity contribution in [3.8, 4) is 17.2 Å². The third-order valence-corrected chi connectivity index (χ3v) is 4.46. The molecular formula is C23H30N2O5. The van der Waals surface area contributed by atoms with E-state index in [9.17, 15) is 9.59 Å². The second kappa shape index (κ2) is 11.7. The van der Waals surface area contributed by atoms with Gasteiger partial charge >= 0.3 is 0 Å². The number of likely N-dealkylation sites (N-methyl/N-ethyl adjacent to an activating group) is 1. The molecule has 0 fully saturated rings. The maximum Gasteiger partial charge on any atom is 0.259 e. The normalized spacial score (nSPS) is 10.3. The van der Waals surface area contributed by atoms with Crippen molar-refractivity contribution < 1.29 is 23.8 Å². The fourth-order valence-electron chi connectivity index (χ4n) is 2.75. The molecule has 2 aromatic carbocycles. The van der Waals surface area contributed by atoms with E-state index in [1.54, 1.807) is 26.2 Å². The standard InChI is InChI=1S/C23H30N2O5/c1-5-29-19-9-7-6-8-18(19)11-13-22(26)24-15-17-10-12-20(21(14-17)28-4)30-16-23(27)25(2)3/h6-10,12,14H,5,11,13,15-16H2,1-4H3,(H,24,26). The monoisotopic (exact) mass is 414 g/mol. The van der Waals surface area contributed by atoms with Gasteiger partial charge in [-0.05, 0) is 42.7 Å². The first-order valence-corrected chi connectivity index (χ1v) is 9.91. The molecule has 0 atom stereocenters. The second-order valence-electron chi connectivity index (χ2n) is 6.88. The Hall–Kier alpha value is -3.22. The van der Waals surface area contributed by atoms with E-state index >= 15 is 0 Å². The van der Waals surface area contributed by atoms with Crippen LogP contribution in [-0.4, -0.2) is 51.1 Å². The Morgan fingerprint density at radius 1 is 1.00 bits per heavy atom. The van der Waals surface area contributed by atoms with Crippen LogP contribution in [0.2, 0.25) is 0 Å². The van der Waals surface area contributed by atoms with Crippen molar-refractivity contribution in [3.63, 3.8) is 0 Å². The van der Waals surface area contributed by atoms with Crippen LogP contribution < -0.4 is 19.5 Å². The summed E-state index contributed by atoms with van der Waals surface area (Å²) < 4.78 is 16.5. The molecule has 1 N–H and O–H groups in total. The number of hydrogen-bond donors (Lipinski definition) is 1. The van der Waals surface area contributed by atoms with Crippen LogP contribution in [0.1, 0.15) is 24.5 Å². The Labute approximate surface area is 177 Å². The van der Waals surface area contributed by atoms with Gasteiger partial charge in [-0.2, -0.15) is 0 Å². The van der Waals surface area contributed by atoms with Crippen LogP contribution in [0, 0.1) is 0 Å².